The molecule has 3 atom stereocenters. The van der Waals surface area contributed by atoms with Gasteiger partial charge in [0, 0.05) is 34.6 Å². The van der Waals surface area contributed by atoms with Crippen LogP contribution in [0, 0.1) is 5.92 Å². The van der Waals surface area contributed by atoms with E-state index in [2.05, 4.69) is 20.0 Å². The van der Waals surface area contributed by atoms with E-state index in [0.717, 1.165) is 0 Å². The van der Waals surface area contributed by atoms with Gasteiger partial charge in [-0.05, 0) is 29.8 Å². The summed E-state index contributed by atoms with van der Waals surface area (Å²) in [6, 6.07) is 12.6. The van der Waals surface area contributed by atoms with Crippen molar-refractivity contribution in [3.63, 3.8) is 0 Å². The van der Waals surface area contributed by atoms with E-state index < -0.39 is 35.6 Å². The zero-order chi connectivity index (χ0) is 23.7. The van der Waals surface area contributed by atoms with E-state index >= 15 is 0 Å². The van der Waals surface area contributed by atoms with Crippen LogP contribution < -0.4 is 10.1 Å². The number of para-hydroxylation sites is 1. The van der Waals surface area contributed by atoms with Crippen molar-refractivity contribution in [1.82, 2.24) is 9.97 Å². The molecule has 0 unspecified atom stereocenters. The largest absolute Gasteiger partial charge is 0.573 e. The third kappa shape index (κ3) is 2.98. The number of hydrogen-bond acceptors (Lipinski definition) is 7. The summed E-state index contributed by atoms with van der Waals surface area (Å²) in [5, 5.41) is 15.7. The zero-order valence-electron chi connectivity index (χ0n) is 17.3. The van der Waals surface area contributed by atoms with Gasteiger partial charge in [0.05, 0.1) is 16.7 Å². The molecule has 2 N–H and O–H groups in total. The van der Waals surface area contributed by atoms with Crippen LogP contribution in [0.2, 0.25) is 0 Å². The number of anilines is 1. The Morgan fingerprint density at radius 1 is 1.03 bits per heavy atom. The van der Waals surface area contributed by atoms with Gasteiger partial charge in [0.25, 0.3) is 0 Å². The Morgan fingerprint density at radius 3 is 2.44 bits per heavy atom. The SMILES string of the molecule is O=C1OC[C@]2(O)Nc3c(c4cccnc4c4ncccc34)[C@@H](c3ccccc3OC(F)(F)F)[C@H]12. The number of ether oxygens (including phenoxy) is 2. The molecule has 7 nitrogen and oxygen atoms in total. The maximum Gasteiger partial charge on any atom is 0.573 e. The second-order valence-corrected chi connectivity index (χ2v) is 8.29. The van der Waals surface area contributed by atoms with Gasteiger partial charge in [-0.15, -0.1) is 13.2 Å². The Labute approximate surface area is 190 Å². The first kappa shape index (κ1) is 20.7. The minimum absolute atomic E-state index is 0.0956. The fraction of sp³-hybridized carbons (Fsp3) is 0.208. The number of rotatable bonds is 2. The summed E-state index contributed by atoms with van der Waals surface area (Å²) in [6.07, 6.45) is -1.75. The molecule has 0 amide bonds. The Hall–Kier alpha value is -3.92. The van der Waals surface area contributed by atoms with Crippen LogP contribution in [0.4, 0.5) is 18.9 Å². The number of aromatic nitrogens is 2. The number of pyridine rings is 2. The third-order valence-electron chi connectivity index (χ3n) is 6.34. The van der Waals surface area contributed by atoms with Gasteiger partial charge in [0.1, 0.15) is 18.3 Å². The summed E-state index contributed by atoms with van der Waals surface area (Å²) in [7, 11) is 0. The van der Waals surface area contributed by atoms with Crippen molar-refractivity contribution < 1.29 is 32.5 Å². The summed E-state index contributed by atoms with van der Waals surface area (Å²) in [5.74, 6) is -3.43. The molecule has 0 saturated carbocycles. The lowest BCUT2D eigenvalue weighted by molar-refractivity contribution is -0.275. The number of hydrogen-bond donors (Lipinski definition) is 2. The predicted molar refractivity (Wildman–Crippen MR) is 115 cm³/mol. The van der Waals surface area contributed by atoms with Crippen LogP contribution in [0.1, 0.15) is 17.0 Å². The van der Waals surface area contributed by atoms with Gasteiger partial charge < -0.3 is 19.9 Å². The molecule has 0 bridgehead atoms. The maximum atomic E-state index is 13.3. The normalized spacial score (nSPS) is 23.8. The van der Waals surface area contributed by atoms with Crippen molar-refractivity contribution in [2.24, 2.45) is 5.92 Å². The maximum absolute atomic E-state index is 13.3. The van der Waals surface area contributed by atoms with E-state index in [-0.39, 0.29) is 12.2 Å². The summed E-state index contributed by atoms with van der Waals surface area (Å²) in [4.78, 5) is 21.8. The Bertz CT molecular complexity index is 1480. The molecule has 0 aliphatic carbocycles. The standard InChI is InChI=1S/C24H16F3N3O4/c25-24(26,27)34-15-8-2-1-5-12(15)16-17-13-6-3-9-28-20(13)21-14(7-4-10-29-21)19(17)30-23(32)11-33-22(31)18(16)23/h1-10,16,18,30,32H,11H2/t16-,18-,23-/m1/s1. The molecule has 172 valence electrons. The van der Waals surface area contributed by atoms with E-state index in [0.29, 0.717) is 33.1 Å². The summed E-state index contributed by atoms with van der Waals surface area (Å²) in [5.41, 5.74) is 0.282. The van der Waals surface area contributed by atoms with Crippen LogP contribution in [0.25, 0.3) is 21.8 Å². The Kier molecular flexibility index (Phi) is 4.28. The van der Waals surface area contributed by atoms with Crippen LogP contribution in [0.5, 0.6) is 5.75 Å². The molecular weight excluding hydrogens is 451 g/mol. The van der Waals surface area contributed by atoms with Crippen LogP contribution >= 0.6 is 0 Å². The smallest absolute Gasteiger partial charge is 0.460 e. The number of nitrogens with one attached hydrogen (secondary N) is 1. The number of carbonyl (C=O) groups is 1. The van der Waals surface area contributed by atoms with Gasteiger partial charge in [0.15, 0.2) is 5.72 Å². The monoisotopic (exact) mass is 467 g/mol. The van der Waals surface area contributed by atoms with Gasteiger partial charge in [-0.3, -0.25) is 14.8 Å². The number of alkyl halides is 3. The molecule has 4 aromatic rings. The topological polar surface area (TPSA) is 93.6 Å². The fourth-order valence-corrected chi connectivity index (χ4v) is 5.10. The molecule has 0 spiro atoms. The second kappa shape index (κ2) is 7.04. The van der Waals surface area contributed by atoms with E-state index in [1.807, 2.05) is 0 Å². The van der Waals surface area contributed by atoms with Crippen LogP contribution in [-0.2, 0) is 9.53 Å². The lowest BCUT2D eigenvalue weighted by Crippen LogP contribution is -2.51. The number of fused-ring (bicyclic) bond motifs is 7. The first-order valence-electron chi connectivity index (χ1n) is 10.4. The average Bonchev–Trinajstić information content (AvgIpc) is 3.11. The zero-order valence-corrected chi connectivity index (χ0v) is 17.3. The number of cyclic esters (lactones) is 1. The number of benzene rings is 2. The highest BCUT2D eigenvalue weighted by atomic mass is 19.4. The molecule has 1 fully saturated rings. The molecule has 0 radical (unpaired) electrons. The predicted octanol–water partition coefficient (Wildman–Crippen LogP) is 4.10. The molecule has 2 aliphatic rings. The van der Waals surface area contributed by atoms with E-state index in [4.69, 9.17) is 4.74 Å². The molecule has 4 heterocycles. The van der Waals surface area contributed by atoms with Crippen LogP contribution in [0.3, 0.4) is 0 Å². The molecule has 6 rings (SSSR count). The van der Waals surface area contributed by atoms with Gasteiger partial charge >= 0.3 is 12.3 Å². The molecule has 2 aromatic carbocycles. The number of aliphatic hydroxyl groups is 1. The van der Waals surface area contributed by atoms with Crippen molar-refractivity contribution >= 4 is 33.5 Å². The van der Waals surface area contributed by atoms with E-state index in [9.17, 15) is 23.1 Å². The van der Waals surface area contributed by atoms with Crippen molar-refractivity contribution in [2.75, 3.05) is 11.9 Å². The lowest BCUT2D eigenvalue weighted by atomic mass is 9.71. The van der Waals surface area contributed by atoms with Crippen molar-refractivity contribution in [3.05, 3.63) is 72.1 Å². The molecule has 34 heavy (non-hydrogen) atoms. The molecule has 1 saturated heterocycles. The first-order chi connectivity index (χ1) is 16.3. The highest BCUT2D eigenvalue weighted by Crippen LogP contribution is 2.55. The van der Waals surface area contributed by atoms with Gasteiger partial charge in [-0.1, -0.05) is 24.3 Å². The van der Waals surface area contributed by atoms with Crippen molar-refractivity contribution in [1.29, 1.82) is 0 Å². The minimum atomic E-state index is -4.95. The van der Waals surface area contributed by atoms with Crippen molar-refractivity contribution in [3.8, 4) is 5.75 Å². The number of esters is 1. The van der Waals surface area contributed by atoms with Crippen LogP contribution in [0.15, 0.2) is 60.9 Å². The van der Waals surface area contributed by atoms with Crippen molar-refractivity contribution in [2.45, 2.75) is 18.0 Å². The third-order valence-corrected chi connectivity index (χ3v) is 6.34. The number of nitrogens with zero attached hydrogens (tertiary/aromatic N) is 2. The Morgan fingerprint density at radius 2 is 1.71 bits per heavy atom. The van der Waals surface area contributed by atoms with Crippen LogP contribution in [-0.4, -0.2) is 39.7 Å². The van der Waals surface area contributed by atoms with E-state index in [1.165, 1.54) is 18.2 Å². The Balaban J connectivity index is 1.74. The average molecular weight is 467 g/mol. The summed E-state index contributed by atoms with van der Waals surface area (Å²) < 4.78 is 49.4. The summed E-state index contributed by atoms with van der Waals surface area (Å²) >= 11 is 0. The number of carbonyl (C=O) groups excluding carboxylic acids is 1. The highest BCUT2D eigenvalue weighted by Gasteiger charge is 2.58. The fourth-order valence-electron chi connectivity index (χ4n) is 5.10. The second-order valence-electron chi connectivity index (χ2n) is 8.29. The first-order valence-corrected chi connectivity index (χ1v) is 10.4. The molecule has 2 aliphatic heterocycles. The quantitative estimate of drug-likeness (QED) is 0.339. The van der Waals surface area contributed by atoms with Gasteiger partial charge in [-0.25, -0.2) is 0 Å². The van der Waals surface area contributed by atoms with Gasteiger partial charge in [-0.2, -0.15) is 0 Å². The van der Waals surface area contributed by atoms with Gasteiger partial charge in [0.2, 0.25) is 0 Å². The van der Waals surface area contributed by atoms with E-state index in [1.54, 1.807) is 42.7 Å². The minimum Gasteiger partial charge on any atom is -0.460 e. The highest BCUT2D eigenvalue weighted by molar-refractivity contribution is 6.13. The summed E-state index contributed by atoms with van der Waals surface area (Å²) in [6.45, 7) is -0.360. The molecule has 10 heteroatoms. The lowest BCUT2D eigenvalue weighted by Gasteiger charge is -2.41. The number of halogens is 3. The molecule has 2 aromatic heterocycles. The molecular formula is C24H16F3N3O4.